The minimum atomic E-state index is -0.703. The molecule has 2 aromatic carbocycles. The number of carbonyl (C=O) groups is 2. The highest BCUT2D eigenvalue weighted by atomic mass is 35.5. The van der Waals surface area contributed by atoms with E-state index in [4.69, 9.17) is 39.9 Å². The lowest BCUT2D eigenvalue weighted by Gasteiger charge is -2.35. The summed E-state index contributed by atoms with van der Waals surface area (Å²) in [5, 5.41) is 14.4. The van der Waals surface area contributed by atoms with Gasteiger partial charge in [-0.2, -0.15) is 10.4 Å². The lowest BCUT2D eigenvalue weighted by atomic mass is 9.94. The van der Waals surface area contributed by atoms with Crippen molar-refractivity contribution in [3.63, 3.8) is 0 Å². The number of hydrogen-bond donors (Lipinski definition) is 2. The molecule has 8 nitrogen and oxygen atoms in total. The predicted molar refractivity (Wildman–Crippen MR) is 115 cm³/mol. The Morgan fingerprint density at radius 2 is 1.77 bits per heavy atom. The highest BCUT2D eigenvalue weighted by Gasteiger charge is 2.38. The first-order valence-electron chi connectivity index (χ1n) is 9.24. The zero-order valence-electron chi connectivity index (χ0n) is 16.0. The van der Waals surface area contributed by atoms with Gasteiger partial charge in [-0.1, -0.05) is 41.4 Å². The lowest BCUT2D eigenvalue weighted by Crippen LogP contribution is -2.46. The first-order valence-corrected chi connectivity index (χ1v) is 9.99. The Morgan fingerprint density at radius 3 is 2.35 bits per heavy atom. The first-order chi connectivity index (χ1) is 14.8. The van der Waals surface area contributed by atoms with E-state index in [2.05, 4.69) is 11.2 Å². The van der Waals surface area contributed by atoms with Crippen molar-refractivity contribution in [3.05, 3.63) is 74.9 Å². The normalized spacial score (nSPS) is 15.3. The maximum atomic E-state index is 12.6. The van der Waals surface area contributed by atoms with Gasteiger partial charge in [-0.3, -0.25) is 9.48 Å². The van der Waals surface area contributed by atoms with Crippen LogP contribution < -0.4 is 11.5 Å². The number of carbonyl (C=O) groups excluding carboxylic acids is 2. The average molecular weight is 455 g/mol. The molecule has 1 unspecified atom stereocenters. The summed E-state index contributed by atoms with van der Waals surface area (Å²) < 4.78 is 1.65. The summed E-state index contributed by atoms with van der Waals surface area (Å²) in [7, 11) is 0. The third-order valence-corrected chi connectivity index (χ3v) is 5.93. The van der Waals surface area contributed by atoms with E-state index in [9.17, 15) is 9.59 Å². The molecule has 3 amide bonds. The summed E-state index contributed by atoms with van der Waals surface area (Å²) in [6.07, 6.45) is 0. The molecule has 1 aliphatic heterocycles. The highest BCUT2D eigenvalue weighted by molar-refractivity contribution is 6.42. The minimum absolute atomic E-state index is 0.165. The number of nitrogens with two attached hydrogens (primary N) is 2. The fraction of sp³-hybridized carbons (Fsp3) is 0.143. The molecule has 1 aromatic heterocycles. The Labute approximate surface area is 187 Å². The van der Waals surface area contributed by atoms with Crippen molar-refractivity contribution in [2.24, 2.45) is 11.5 Å². The van der Waals surface area contributed by atoms with Crippen molar-refractivity contribution < 1.29 is 9.59 Å². The molecule has 0 radical (unpaired) electrons. The fourth-order valence-corrected chi connectivity index (χ4v) is 4.10. The zero-order valence-corrected chi connectivity index (χ0v) is 17.6. The summed E-state index contributed by atoms with van der Waals surface area (Å²) in [5.74, 6) is -0.702. The lowest BCUT2D eigenvalue weighted by molar-refractivity contribution is 0.0995. The molecule has 0 saturated carbocycles. The van der Waals surface area contributed by atoms with Crippen molar-refractivity contribution in [2.75, 3.05) is 6.54 Å². The molecule has 0 spiro atoms. The third-order valence-electron chi connectivity index (χ3n) is 5.19. The quantitative estimate of drug-likeness (QED) is 0.627. The Balaban J connectivity index is 1.96. The van der Waals surface area contributed by atoms with Crippen LogP contribution in [0.1, 0.15) is 33.2 Å². The molecule has 10 heteroatoms. The van der Waals surface area contributed by atoms with Crippen LogP contribution in [-0.4, -0.2) is 33.2 Å². The van der Waals surface area contributed by atoms with E-state index >= 15 is 0 Å². The van der Waals surface area contributed by atoms with Crippen molar-refractivity contribution in [3.8, 4) is 17.3 Å². The van der Waals surface area contributed by atoms with Gasteiger partial charge in [0.1, 0.15) is 11.7 Å². The average Bonchev–Trinajstić information content (AvgIpc) is 3.15. The number of aromatic nitrogens is 2. The van der Waals surface area contributed by atoms with Gasteiger partial charge in [0.2, 0.25) is 0 Å². The Hall–Kier alpha value is -3.54. The van der Waals surface area contributed by atoms with E-state index in [1.807, 2.05) is 0 Å². The van der Waals surface area contributed by atoms with E-state index < -0.39 is 18.0 Å². The number of primary amides is 2. The SMILES string of the molecule is N#Cc1ccc(C2c3c(C(N)=O)c(-c4ccc(Cl)c(Cl)c4)nn3CCN2C(N)=O)cc1. The number of amides is 3. The van der Waals surface area contributed by atoms with Gasteiger partial charge in [0.05, 0.1) is 39.5 Å². The molecular formula is C21H16Cl2N6O2. The van der Waals surface area contributed by atoms with Crippen molar-refractivity contribution in [1.82, 2.24) is 14.7 Å². The predicted octanol–water partition coefficient (Wildman–Crippen LogP) is 3.31. The number of hydrogen-bond acceptors (Lipinski definition) is 4. The maximum Gasteiger partial charge on any atom is 0.315 e. The van der Waals surface area contributed by atoms with Gasteiger partial charge < -0.3 is 16.4 Å². The van der Waals surface area contributed by atoms with Gasteiger partial charge in [-0.05, 0) is 29.8 Å². The zero-order chi connectivity index (χ0) is 22.3. The van der Waals surface area contributed by atoms with Crippen LogP contribution in [0.4, 0.5) is 4.79 Å². The molecule has 31 heavy (non-hydrogen) atoms. The summed E-state index contributed by atoms with van der Waals surface area (Å²) in [6, 6.07) is 12.3. The van der Waals surface area contributed by atoms with Crippen LogP contribution in [0, 0.1) is 11.3 Å². The molecule has 1 atom stereocenters. The van der Waals surface area contributed by atoms with E-state index in [-0.39, 0.29) is 12.1 Å². The van der Waals surface area contributed by atoms with Gasteiger partial charge in [0.25, 0.3) is 5.91 Å². The monoisotopic (exact) mass is 454 g/mol. The van der Waals surface area contributed by atoms with Crippen LogP contribution in [0.5, 0.6) is 0 Å². The molecule has 0 saturated heterocycles. The molecule has 4 N–H and O–H groups in total. The number of urea groups is 1. The Bertz CT molecular complexity index is 1250. The number of benzene rings is 2. The van der Waals surface area contributed by atoms with Crippen molar-refractivity contribution in [2.45, 2.75) is 12.6 Å². The number of fused-ring (bicyclic) bond motifs is 1. The minimum Gasteiger partial charge on any atom is -0.365 e. The van der Waals surface area contributed by atoms with Crippen molar-refractivity contribution >= 4 is 35.1 Å². The standard InChI is InChI=1S/C21H16Cl2N6O2/c22-14-6-5-13(9-15(14)23)17-16(20(25)30)19-18(12-3-1-11(10-24)2-4-12)28(21(26)31)7-8-29(19)27-17/h1-6,9,18H,7-8H2,(H2,25,30)(H2,26,31). The van der Waals surface area contributed by atoms with Crippen LogP contribution in [0.25, 0.3) is 11.3 Å². The van der Waals surface area contributed by atoms with Crippen molar-refractivity contribution in [1.29, 1.82) is 5.26 Å². The summed E-state index contributed by atoms with van der Waals surface area (Å²) in [4.78, 5) is 26.2. The van der Waals surface area contributed by atoms with E-state index in [0.717, 1.165) is 0 Å². The summed E-state index contributed by atoms with van der Waals surface area (Å²) >= 11 is 12.2. The molecule has 156 valence electrons. The fourth-order valence-electron chi connectivity index (χ4n) is 3.81. The van der Waals surface area contributed by atoms with Gasteiger partial charge >= 0.3 is 6.03 Å². The van der Waals surface area contributed by atoms with E-state index in [1.54, 1.807) is 47.1 Å². The van der Waals surface area contributed by atoms with Crippen LogP contribution in [-0.2, 0) is 6.54 Å². The first kappa shape index (κ1) is 20.7. The largest absolute Gasteiger partial charge is 0.365 e. The van der Waals surface area contributed by atoms with Crippen LogP contribution in [0.3, 0.4) is 0 Å². The molecule has 0 aliphatic carbocycles. The second-order valence-corrected chi connectivity index (χ2v) is 7.81. The molecular weight excluding hydrogens is 439 g/mol. The van der Waals surface area contributed by atoms with Gasteiger partial charge in [0.15, 0.2) is 0 Å². The molecule has 0 bridgehead atoms. The molecule has 3 aromatic rings. The Morgan fingerprint density at radius 1 is 1.06 bits per heavy atom. The summed E-state index contributed by atoms with van der Waals surface area (Å²) in [5.41, 5.74) is 14.1. The number of nitrogens with zero attached hydrogens (tertiary/aromatic N) is 4. The molecule has 2 heterocycles. The topological polar surface area (TPSA) is 131 Å². The third kappa shape index (κ3) is 3.58. The maximum absolute atomic E-state index is 12.6. The van der Waals surface area contributed by atoms with Crippen LogP contribution in [0.2, 0.25) is 10.0 Å². The second kappa shape index (κ2) is 7.95. The number of nitriles is 1. The highest BCUT2D eigenvalue weighted by Crippen LogP contribution is 2.39. The molecule has 0 fully saturated rings. The molecule has 4 rings (SSSR count). The smallest absolute Gasteiger partial charge is 0.315 e. The van der Waals surface area contributed by atoms with E-state index in [0.29, 0.717) is 44.7 Å². The number of halogens is 2. The Kier molecular flexibility index (Phi) is 5.31. The number of rotatable bonds is 3. The van der Waals surface area contributed by atoms with Gasteiger partial charge in [0, 0.05) is 12.1 Å². The van der Waals surface area contributed by atoms with Gasteiger partial charge in [-0.15, -0.1) is 0 Å². The summed E-state index contributed by atoms with van der Waals surface area (Å²) in [6.45, 7) is 0.611. The van der Waals surface area contributed by atoms with Crippen LogP contribution >= 0.6 is 23.2 Å². The second-order valence-electron chi connectivity index (χ2n) is 6.99. The van der Waals surface area contributed by atoms with E-state index in [1.165, 1.54) is 4.90 Å². The van der Waals surface area contributed by atoms with Gasteiger partial charge in [-0.25, -0.2) is 4.79 Å². The van der Waals surface area contributed by atoms with Crippen LogP contribution in [0.15, 0.2) is 42.5 Å². The molecule has 1 aliphatic rings.